The summed E-state index contributed by atoms with van der Waals surface area (Å²) in [5.74, 6) is 0.982. The molecule has 0 amide bonds. The van der Waals surface area contributed by atoms with Crippen LogP contribution in [0.4, 0.5) is 0 Å². The highest BCUT2D eigenvalue weighted by molar-refractivity contribution is 5.27. The molecule has 2 atom stereocenters. The molecule has 1 aliphatic heterocycles. The molecule has 0 spiro atoms. The van der Waals surface area contributed by atoms with Gasteiger partial charge in [0.1, 0.15) is 5.75 Å². The molecule has 1 saturated heterocycles. The van der Waals surface area contributed by atoms with Crippen LogP contribution in [0.15, 0.2) is 24.3 Å². The number of nitrogens with two attached hydrogens (primary N) is 1. The number of hydrogen-bond acceptors (Lipinski definition) is 3. The van der Waals surface area contributed by atoms with Crippen LogP contribution in [0.1, 0.15) is 45.1 Å². The van der Waals surface area contributed by atoms with Crippen LogP contribution in [0, 0.1) is 0 Å². The molecule has 3 heteroatoms. The third kappa shape index (κ3) is 4.50. The van der Waals surface area contributed by atoms with Crippen LogP contribution in [-0.4, -0.2) is 30.1 Å². The average Bonchev–Trinajstić information content (AvgIpc) is 2.44. The van der Waals surface area contributed by atoms with E-state index in [0.29, 0.717) is 12.1 Å². The summed E-state index contributed by atoms with van der Waals surface area (Å²) in [5, 5.41) is 0. The van der Waals surface area contributed by atoms with Crippen molar-refractivity contribution in [1.29, 1.82) is 0 Å². The van der Waals surface area contributed by atoms with Crippen LogP contribution in [0.25, 0.3) is 0 Å². The van der Waals surface area contributed by atoms with Gasteiger partial charge < -0.3 is 10.5 Å². The van der Waals surface area contributed by atoms with Gasteiger partial charge in [-0.1, -0.05) is 25.5 Å². The molecule has 0 bridgehead atoms. The van der Waals surface area contributed by atoms with Crippen molar-refractivity contribution in [2.45, 2.75) is 58.2 Å². The number of benzene rings is 1. The van der Waals surface area contributed by atoms with Crippen LogP contribution >= 0.6 is 0 Å². The molecule has 112 valence electrons. The van der Waals surface area contributed by atoms with Gasteiger partial charge in [-0.2, -0.15) is 0 Å². The molecule has 1 heterocycles. The van der Waals surface area contributed by atoms with Crippen LogP contribution in [0.2, 0.25) is 0 Å². The smallest absolute Gasteiger partial charge is 0.119 e. The number of rotatable bonds is 6. The summed E-state index contributed by atoms with van der Waals surface area (Å²) < 4.78 is 5.70. The van der Waals surface area contributed by atoms with Gasteiger partial charge in [-0.3, -0.25) is 4.90 Å². The Labute approximate surface area is 123 Å². The molecular weight excluding hydrogens is 248 g/mol. The third-order valence-electron chi connectivity index (χ3n) is 4.13. The van der Waals surface area contributed by atoms with Gasteiger partial charge in [0.05, 0.1) is 6.61 Å². The van der Waals surface area contributed by atoms with E-state index in [1.165, 1.54) is 12.0 Å². The van der Waals surface area contributed by atoms with E-state index in [1.807, 2.05) is 0 Å². The van der Waals surface area contributed by atoms with E-state index in [9.17, 15) is 0 Å². The van der Waals surface area contributed by atoms with Crippen LogP contribution in [-0.2, 0) is 6.54 Å². The summed E-state index contributed by atoms with van der Waals surface area (Å²) in [4.78, 5) is 2.52. The van der Waals surface area contributed by atoms with E-state index >= 15 is 0 Å². The quantitative estimate of drug-likeness (QED) is 0.811. The Balaban J connectivity index is 1.84. The van der Waals surface area contributed by atoms with Crippen molar-refractivity contribution in [1.82, 2.24) is 4.90 Å². The summed E-state index contributed by atoms with van der Waals surface area (Å²) in [6.45, 7) is 7.40. The van der Waals surface area contributed by atoms with Gasteiger partial charge in [0.2, 0.25) is 0 Å². The van der Waals surface area contributed by atoms with E-state index in [0.717, 1.165) is 44.7 Å². The van der Waals surface area contributed by atoms with Gasteiger partial charge in [-0.15, -0.1) is 0 Å². The zero-order chi connectivity index (χ0) is 14.4. The van der Waals surface area contributed by atoms with Crippen LogP contribution < -0.4 is 10.5 Å². The normalized spacial score (nSPS) is 23.8. The number of likely N-dealkylation sites (tertiary alicyclic amines) is 1. The molecule has 0 saturated carbocycles. The first-order valence-electron chi connectivity index (χ1n) is 7.90. The van der Waals surface area contributed by atoms with Crippen LogP contribution in [0.5, 0.6) is 5.75 Å². The molecule has 2 unspecified atom stereocenters. The molecule has 1 aromatic carbocycles. The molecule has 0 aromatic heterocycles. The topological polar surface area (TPSA) is 38.5 Å². The summed E-state index contributed by atoms with van der Waals surface area (Å²) in [5.41, 5.74) is 7.37. The Morgan fingerprint density at radius 3 is 2.70 bits per heavy atom. The predicted molar refractivity (Wildman–Crippen MR) is 83.9 cm³/mol. The first-order valence-corrected chi connectivity index (χ1v) is 7.90. The highest BCUT2D eigenvalue weighted by Crippen LogP contribution is 2.20. The standard InChI is InChI=1S/C17H28N2O/c1-3-4-11-20-17-7-5-15(6-8-17)13-19-10-9-16(18)12-14(19)2/h5-8,14,16H,3-4,9-13,18H2,1-2H3. The SMILES string of the molecule is CCCCOc1ccc(CN2CCC(N)CC2C)cc1. The van der Waals surface area contributed by atoms with Gasteiger partial charge in [-0.05, 0) is 43.9 Å². The Hall–Kier alpha value is -1.06. The second-order valence-corrected chi connectivity index (χ2v) is 5.95. The molecule has 0 aliphatic carbocycles. The minimum Gasteiger partial charge on any atom is -0.494 e. The lowest BCUT2D eigenvalue weighted by Crippen LogP contribution is -2.44. The Kier molecular flexibility index (Phi) is 5.86. The largest absolute Gasteiger partial charge is 0.494 e. The number of unbranched alkanes of at least 4 members (excludes halogenated alkanes) is 1. The molecule has 3 nitrogen and oxygen atoms in total. The first-order chi connectivity index (χ1) is 9.69. The van der Waals surface area contributed by atoms with E-state index < -0.39 is 0 Å². The second kappa shape index (κ2) is 7.65. The molecule has 0 radical (unpaired) electrons. The van der Waals surface area contributed by atoms with Crippen molar-refractivity contribution in [3.8, 4) is 5.75 Å². The summed E-state index contributed by atoms with van der Waals surface area (Å²) in [6, 6.07) is 9.51. The fraction of sp³-hybridized carbons (Fsp3) is 0.647. The monoisotopic (exact) mass is 276 g/mol. The third-order valence-corrected chi connectivity index (χ3v) is 4.13. The van der Waals surface area contributed by atoms with Gasteiger partial charge in [-0.25, -0.2) is 0 Å². The summed E-state index contributed by atoms with van der Waals surface area (Å²) >= 11 is 0. The zero-order valence-corrected chi connectivity index (χ0v) is 12.8. The second-order valence-electron chi connectivity index (χ2n) is 5.95. The van der Waals surface area contributed by atoms with Crippen molar-refractivity contribution in [3.05, 3.63) is 29.8 Å². The highest BCUT2D eigenvalue weighted by Gasteiger charge is 2.22. The van der Waals surface area contributed by atoms with Crippen molar-refractivity contribution in [2.75, 3.05) is 13.2 Å². The molecule has 1 fully saturated rings. The fourth-order valence-electron chi connectivity index (χ4n) is 2.75. The van der Waals surface area contributed by atoms with Crippen molar-refractivity contribution in [3.63, 3.8) is 0 Å². The number of hydrogen-bond donors (Lipinski definition) is 1. The lowest BCUT2D eigenvalue weighted by atomic mass is 9.98. The Bertz CT molecular complexity index is 390. The summed E-state index contributed by atoms with van der Waals surface area (Å²) in [6.07, 6.45) is 4.52. The first kappa shape index (κ1) is 15.3. The number of nitrogens with zero attached hydrogens (tertiary/aromatic N) is 1. The van der Waals surface area contributed by atoms with Gasteiger partial charge in [0, 0.05) is 25.2 Å². The van der Waals surface area contributed by atoms with Crippen molar-refractivity contribution in [2.24, 2.45) is 5.73 Å². The van der Waals surface area contributed by atoms with E-state index in [-0.39, 0.29) is 0 Å². The highest BCUT2D eigenvalue weighted by atomic mass is 16.5. The van der Waals surface area contributed by atoms with Gasteiger partial charge in [0.15, 0.2) is 0 Å². The van der Waals surface area contributed by atoms with Crippen molar-refractivity contribution < 1.29 is 4.74 Å². The zero-order valence-electron chi connectivity index (χ0n) is 12.8. The molecule has 20 heavy (non-hydrogen) atoms. The Morgan fingerprint density at radius 2 is 2.05 bits per heavy atom. The minimum atomic E-state index is 0.385. The fourth-order valence-corrected chi connectivity index (χ4v) is 2.75. The Morgan fingerprint density at radius 1 is 1.30 bits per heavy atom. The van der Waals surface area contributed by atoms with Crippen molar-refractivity contribution >= 4 is 0 Å². The molecular formula is C17H28N2O. The lowest BCUT2D eigenvalue weighted by Gasteiger charge is -2.36. The van der Waals surface area contributed by atoms with Gasteiger partial charge >= 0.3 is 0 Å². The predicted octanol–water partition coefficient (Wildman–Crippen LogP) is 3.18. The van der Waals surface area contributed by atoms with Gasteiger partial charge in [0.25, 0.3) is 0 Å². The molecule has 1 aromatic rings. The number of piperidine rings is 1. The van der Waals surface area contributed by atoms with E-state index in [4.69, 9.17) is 10.5 Å². The minimum absolute atomic E-state index is 0.385. The molecule has 2 N–H and O–H groups in total. The molecule has 2 rings (SSSR count). The lowest BCUT2D eigenvalue weighted by molar-refractivity contribution is 0.140. The maximum atomic E-state index is 6.02. The van der Waals surface area contributed by atoms with Crippen LogP contribution in [0.3, 0.4) is 0 Å². The maximum absolute atomic E-state index is 6.02. The summed E-state index contributed by atoms with van der Waals surface area (Å²) in [7, 11) is 0. The number of ether oxygens (including phenoxy) is 1. The van der Waals surface area contributed by atoms with E-state index in [1.54, 1.807) is 0 Å². The average molecular weight is 276 g/mol. The van der Waals surface area contributed by atoms with E-state index in [2.05, 4.69) is 43.0 Å². The maximum Gasteiger partial charge on any atom is 0.119 e. The molecule has 1 aliphatic rings.